The van der Waals surface area contributed by atoms with Gasteiger partial charge < -0.3 is 20.1 Å². The molecule has 0 aliphatic carbocycles. The summed E-state index contributed by atoms with van der Waals surface area (Å²) in [7, 11) is 5.74. The fraction of sp³-hybridized carbons (Fsp3) is 0.947. The van der Waals surface area contributed by atoms with Gasteiger partial charge in [-0.3, -0.25) is 4.79 Å². The van der Waals surface area contributed by atoms with Gasteiger partial charge in [0.05, 0.1) is 6.61 Å². The van der Waals surface area contributed by atoms with Gasteiger partial charge in [0.1, 0.15) is 20.3 Å². The van der Waals surface area contributed by atoms with Crippen LogP contribution in [0.3, 0.4) is 0 Å². The number of unbranched alkanes of at least 4 members (excludes halogenated alkanes) is 3. The molecule has 0 saturated carbocycles. The molecular weight excluding hydrogens is 304 g/mol. The highest BCUT2D eigenvalue weighted by Gasteiger charge is 2.04. The summed E-state index contributed by atoms with van der Waals surface area (Å²) in [5, 5.41) is 14.4. The third kappa shape index (κ3) is 33.1. The number of carbonyl (C=O) groups is 1. The molecule has 0 aromatic heterocycles. The third-order valence-corrected chi connectivity index (χ3v) is 2.90. The van der Waals surface area contributed by atoms with E-state index in [1.165, 1.54) is 6.42 Å². The van der Waals surface area contributed by atoms with E-state index in [0.717, 1.165) is 58.3 Å². The molecule has 0 aromatic carbocycles. The lowest BCUT2D eigenvalue weighted by atomic mass is 10.2. The summed E-state index contributed by atoms with van der Waals surface area (Å²) < 4.78 is 3.00. The topological polar surface area (TPSA) is 64.1 Å². The largest absolute Gasteiger partial charge is 0.424 e. The first-order valence-electron chi connectivity index (χ1n) is 9.58. The average molecular weight is 350 g/mol. The maximum absolute atomic E-state index is 11.4. The van der Waals surface area contributed by atoms with E-state index in [2.05, 4.69) is 35.8 Å². The summed E-state index contributed by atoms with van der Waals surface area (Å²) in [4.78, 5) is 11.4. The van der Waals surface area contributed by atoms with Crippen molar-refractivity contribution in [2.75, 3.05) is 47.6 Å². The maximum Gasteiger partial charge on any atom is 0.219 e. The molecule has 24 heavy (non-hydrogen) atoms. The van der Waals surface area contributed by atoms with Crippen LogP contribution in [0, 0.1) is 0 Å². The van der Waals surface area contributed by atoms with Crippen LogP contribution in [-0.2, 0) is 9.16 Å². The van der Waals surface area contributed by atoms with Crippen molar-refractivity contribution in [1.29, 1.82) is 0 Å². The molecule has 0 fully saturated rings. The predicted molar refractivity (Wildman–Crippen MR) is 106 cm³/mol. The van der Waals surface area contributed by atoms with Gasteiger partial charge >= 0.3 is 0 Å². The number of rotatable bonds is 12. The minimum absolute atomic E-state index is 0.185. The van der Waals surface area contributed by atoms with Gasteiger partial charge in [0, 0.05) is 25.8 Å². The number of amides is 1. The van der Waals surface area contributed by atoms with E-state index in [0.29, 0.717) is 6.42 Å². The highest BCUT2D eigenvalue weighted by atomic mass is 16.7. The van der Waals surface area contributed by atoms with Gasteiger partial charge in [0.15, 0.2) is 0 Å². The molecule has 5 heteroatoms. The van der Waals surface area contributed by atoms with Gasteiger partial charge in [0.2, 0.25) is 5.91 Å². The quantitative estimate of drug-likeness (QED) is 0.374. The van der Waals surface area contributed by atoms with Crippen LogP contribution in [0.5, 0.6) is 0 Å². The molecule has 0 unspecified atom stereocenters. The summed E-state index contributed by atoms with van der Waals surface area (Å²) in [5.74, 6) is 0.185. The Bertz CT molecular complexity index is 225. The molecular formula is C19H45N2O3+. The van der Waals surface area contributed by atoms with Crippen LogP contribution >= 0.6 is 0 Å². The standard InChI is InChI=1S/C14H29NO3.C3H8.C2H7N/c1-3-4-10-15-14(17)9-6-5-7-12-18(2)13-8-11-16;2*1-3-2/h16H,3-13H2,1-2H3;3H2,1-2H3;3H,1-2H3/p+1. The number of nitrogens with one attached hydrogen (secondary N) is 2. The average Bonchev–Trinajstić information content (AvgIpc) is 2.54. The summed E-state index contributed by atoms with van der Waals surface area (Å²) >= 11 is 0. The number of carbonyl (C=O) groups excluding carboxylic acids is 1. The van der Waals surface area contributed by atoms with Gasteiger partial charge in [-0.2, -0.15) is 0 Å². The van der Waals surface area contributed by atoms with Crippen LogP contribution in [0.1, 0.15) is 72.1 Å². The van der Waals surface area contributed by atoms with Crippen LogP contribution in [0.15, 0.2) is 0 Å². The van der Waals surface area contributed by atoms with Gasteiger partial charge in [-0.25, -0.2) is 0 Å². The van der Waals surface area contributed by atoms with E-state index < -0.39 is 0 Å². The second kappa shape index (κ2) is 27.2. The van der Waals surface area contributed by atoms with Crippen molar-refractivity contribution in [1.82, 2.24) is 10.6 Å². The first-order valence-corrected chi connectivity index (χ1v) is 9.58. The second-order valence-electron chi connectivity index (χ2n) is 5.99. The molecule has 0 atom stereocenters. The van der Waals surface area contributed by atoms with Crippen molar-refractivity contribution in [3.8, 4) is 0 Å². The van der Waals surface area contributed by atoms with Crippen LogP contribution in [0.4, 0.5) is 0 Å². The van der Waals surface area contributed by atoms with Crippen molar-refractivity contribution in [2.24, 2.45) is 0 Å². The maximum atomic E-state index is 11.4. The van der Waals surface area contributed by atoms with E-state index in [-0.39, 0.29) is 12.5 Å². The molecule has 148 valence electrons. The van der Waals surface area contributed by atoms with Crippen LogP contribution < -0.4 is 10.6 Å². The molecule has 0 aliphatic rings. The summed E-state index contributed by atoms with van der Waals surface area (Å²) in [6, 6.07) is 0. The summed E-state index contributed by atoms with van der Waals surface area (Å²) in [5.41, 5.74) is 0. The monoisotopic (exact) mass is 349 g/mol. The van der Waals surface area contributed by atoms with Gasteiger partial charge in [-0.05, 0) is 33.4 Å². The number of hydrogen-bond acceptors (Lipinski definition) is 3. The highest BCUT2D eigenvalue weighted by Crippen LogP contribution is 2.04. The summed E-state index contributed by atoms with van der Waals surface area (Å²) in [6.45, 7) is 9.27. The first-order chi connectivity index (χ1) is 11.5. The zero-order chi connectivity index (χ0) is 19.1. The number of hydrogen-bond donors (Lipinski definition) is 3. The molecule has 5 nitrogen and oxygen atoms in total. The van der Waals surface area contributed by atoms with Gasteiger partial charge in [-0.1, -0.05) is 33.6 Å². The van der Waals surface area contributed by atoms with Crippen molar-refractivity contribution >= 4 is 5.91 Å². The molecule has 0 heterocycles. The van der Waals surface area contributed by atoms with Gasteiger partial charge in [-0.15, -0.1) is 0 Å². The van der Waals surface area contributed by atoms with Gasteiger partial charge in [0.25, 0.3) is 0 Å². The molecule has 0 bridgehead atoms. The lowest BCUT2D eigenvalue weighted by molar-refractivity contribution is -0.121. The first kappa shape index (κ1) is 28.2. The molecule has 0 saturated heterocycles. The third-order valence-electron chi connectivity index (χ3n) is 2.90. The van der Waals surface area contributed by atoms with Crippen LogP contribution in [0.2, 0.25) is 0 Å². The predicted octanol–water partition coefficient (Wildman–Crippen LogP) is 3.28. The highest BCUT2D eigenvalue weighted by molar-refractivity contribution is 5.75. The molecule has 1 amide bonds. The van der Waals surface area contributed by atoms with Crippen molar-refractivity contribution in [3.63, 3.8) is 0 Å². The SMILES string of the molecule is CCC.CCCCNC(=O)CCCCC[O+](C)CCCO.CNC. The van der Waals surface area contributed by atoms with E-state index in [4.69, 9.17) is 5.11 Å². The normalized spacial score (nSPS) is 9.67. The Morgan fingerprint density at radius 3 is 2.00 bits per heavy atom. The Labute approximate surface area is 151 Å². The van der Waals surface area contributed by atoms with E-state index in [9.17, 15) is 4.79 Å². The smallest absolute Gasteiger partial charge is 0.219 e. The van der Waals surface area contributed by atoms with E-state index in [1.807, 2.05) is 21.2 Å². The minimum atomic E-state index is 0.185. The lowest BCUT2D eigenvalue weighted by Crippen LogP contribution is -2.23. The lowest BCUT2D eigenvalue weighted by Gasteiger charge is -2.13. The second-order valence-corrected chi connectivity index (χ2v) is 5.99. The minimum Gasteiger partial charge on any atom is -0.424 e. The Hall–Kier alpha value is -0.650. The molecule has 0 aromatic rings. The zero-order valence-electron chi connectivity index (χ0n) is 17.2. The Kier molecular flexibility index (Phi) is 31.9. The van der Waals surface area contributed by atoms with Crippen LogP contribution in [0.25, 0.3) is 0 Å². The Morgan fingerprint density at radius 1 is 0.958 bits per heavy atom. The fourth-order valence-corrected chi connectivity index (χ4v) is 1.72. The molecule has 3 N–H and O–H groups in total. The summed E-state index contributed by atoms with van der Waals surface area (Å²) in [6.07, 6.45) is 8.03. The fourth-order valence-electron chi connectivity index (χ4n) is 1.72. The van der Waals surface area contributed by atoms with E-state index in [1.54, 1.807) is 0 Å². The van der Waals surface area contributed by atoms with Crippen molar-refractivity contribution in [3.05, 3.63) is 0 Å². The van der Waals surface area contributed by atoms with Crippen molar-refractivity contribution in [2.45, 2.75) is 72.1 Å². The number of aliphatic hydroxyl groups is 1. The molecule has 0 rings (SSSR count). The van der Waals surface area contributed by atoms with E-state index >= 15 is 0 Å². The molecule has 0 radical (unpaired) electrons. The Morgan fingerprint density at radius 2 is 1.50 bits per heavy atom. The zero-order valence-corrected chi connectivity index (χ0v) is 17.2. The van der Waals surface area contributed by atoms with Crippen molar-refractivity contribution < 1.29 is 14.3 Å². The Balaban J connectivity index is -0.000000635. The number of aliphatic hydroxyl groups excluding tert-OH is 1. The van der Waals surface area contributed by atoms with Crippen LogP contribution in [-0.4, -0.2) is 58.6 Å². The molecule has 0 aliphatic heterocycles. The molecule has 0 spiro atoms.